The van der Waals surface area contributed by atoms with Crippen LogP contribution in [-0.4, -0.2) is 26.0 Å². The van der Waals surface area contributed by atoms with Crippen LogP contribution in [0.5, 0.6) is 0 Å². The molecule has 5 heteroatoms. The lowest BCUT2D eigenvalue weighted by Gasteiger charge is -2.19. The Bertz CT molecular complexity index is 937. The smallest absolute Gasteiger partial charge is 0.181 e. The van der Waals surface area contributed by atoms with Crippen LogP contribution < -0.4 is 0 Å². The molecule has 2 aromatic heterocycles. The van der Waals surface area contributed by atoms with Crippen LogP contribution in [0.1, 0.15) is 24.6 Å². The van der Waals surface area contributed by atoms with Gasteiger partial charge in [0, 0.05) is 36.3 Å². The average molecular weight is 329 g/mol. The molecule has 1 aliphatic heterocycles. The lowest BCUT2D eigenvalue weighted by molar-refractivity contribution is 0.281. The van der Waals surface area contributed by atoms with Crippen molar-refractivity contribution < 1.29 is 0 Å². The van der Waals surface area contributed by atoms with Gasteiger partial charge in [-0.15, -0.1) is 0 Å². The molecule has 0 amide bonds. The van der Waals surface area contributed by atoms with Crippen molar-refractivity contribution in [2.24, 2.45) is 0 Å². The summed E-state index contributed by atoms with van der Waals surface area (Å²) in [6, 6.07) is 10.5. The quantitative estimate of drug-likeness (QED) is 0.682. The van der Waals surface area contributed by atoms with Gasteiger partial charge in [-0.25, -0.2) is 4.98 Å². The molecular weight excluding hydrogens is 310 g/mol. The van der Waals surface area contributed by atoms with Crippen LogP contribution in [0, 0.1) is 18.4 Å². The van der Waals surface area contributed by atoms with Crippen molar-refractivity contribution in [1.29, 1.82) is 5.26 Å². The highest BCUT2D eigenvalue weighted by molar-refractivity contribution is 5.71. The standard InChI is InChI=1S/C20H19N5/c1-15-8-18(11-22-10-15)16-4-2-5-17(9-16)19-12-25(14-23-19)20-6-3-7-24(20)13-21/h2,4-5,8-12,14,20H,3,6-7H2,1H3. The minimum absolute atomic E-state index is 0.0930. The Labute approximate surface area is 147 Å². The van der Waals surface area contributed by atoms with Gasteiger partial charge in [-0.05, 0) is 43.0 Å². The normalized spacial score (nSPS) is 16.8. The van der Waals surface area contributed by atoms with Crippen LogP contribution >= 0.6 is 0 Å². The molecular formula is C20H19N5. The van der Waals surface area contributed by atoms with E-state index in [-0.39, 0.29) is 6.17 Å². The summed E-state index contributed by atoms with van der Waals surface area (Å²) >= 11 is 0. The number of hydrogen-bond acceptors (Lipinski definition) is 4. The molecule has 1 fully saturated rings. The fraction of sp³-hybridized carbons (Fsp3) is 0.250. The predicted octanol–water partition coefficient (Wildman–Crippen LogP) is 4.00. The van der Waals surface area contributed by atoms with Crippen LogP contribution in [0.4, 0.5) is 0 Å². The Morgan fingerprint density at radius 1 is 1.16 bits per heavy atom. The van der Waals surface area contributed by atoms with Gasteiger partial charge in [0.2, 0.25) is 0 Å². The number of aryl methyl sites for hydroxylation is 1. The van der Waals surface area contributed by atoms with E-state index in [2.05, 4.69) is 40.4 Å². The molecule has 0 N–H and O–H groups in total. The van der Waals surface area contributed by atoms with Gasteiger partial charge in [0.1, 0.15) is 6.17 Å². The van der Waals surface area contributed by atoms with Crippen LogP contribution in [0.2, 0.25) is 0 Å². The Hall–Kier alpha value is -3.13. The van der Waals surface area contributed by atoms with Gasteiger partial charge in [-0.2, -0.15) is 5.26 Å². The number of imidazole rings is 1. The van der Waals surface area contributed by atoms with Gasteiger partial charge in [-0.1, -0.05) is 18.2 Å². The number of hydrogen-bond donors (Lipinski definition) is 0. The Balaban J connectivity index is 1.65. The third kappa shape index (κ3) is 2.99. The SMILES string of the molecule is Cc1cncc(-c2cccc(-c3cn(C4CCCN4C#N)cn3)c2)c1. The molecule has 0 aliphatic carbocycles. The van der Waals surface area contributed by atoms with E-state index in [0.29, 0.717) is 0 Å². The van der Waals surface area contributed by atoms with Crippen molar-refractivity contribution in [1.82, 2.24) is 19.4 Å². The van der Waals surface area contributed by atoms with Crippen LogP contribution in [0.25, 0.3) is 22.4 Å². The molecule has 0 spiro atoms. The molecule has 0 bridgehead atoms. The van der Waals surface area contributed by atoms with Gasteiger partial charge < -0.3 is 4.57 Å². The third-order valence-corrected chi connectivity index (χ3v) is 4.66. The molecule has 25 heavy (non-hydrogen) atoms. The second-order valence-electron chi connectivity index (χ2n) is 6.45. The van der Waals surface area contributed by atoms with Crippen molar-refractivity contribution in [2.45, 2.75) is 25.9 Å². The van der Waals surface area contributed by atoms with E-state index < -0.39 is 0 Å². The van der Waals surface area contributed by atoms with Gasteiger partial charge in [0.25, 0.3) is 0 Å². The van der Waals surface area contributed by atoms with E-state index in [9.17, 15) is 5.26 Å². The van der Waals surface area contributed by atoms with Crippen molar-refractivity contribution >= 4 is 0 Å². The largest absolute Gasteiger partial charge is 0.315 e. The summed E-state index contributed by atoms with van der Waals surface area (Å²) in [6.07, 6.45) is 12.0. The highest BCUT2D eigenvalue weighted by Crippen LogP contribution is 2.29. The van der Waals surface area contributed by atoms with E-state index in [1.165, 1.54) is 0 Å². The summed E-state index contributed by atoms with van der Waals surface area (Å²) in [4.78, 5) is 10.7. The minimum atomic E-state index is 0.0930. The third-order valence-electron chi connectivity index (χ3n) is 4.66. The molecule has 1 aromatic carbocycles. The summed E-state index contributed by atoms with van der Waals surface area (Å²) in [5.41, 5.74) is 5.37. The first-order chi connectivity index (χ1) is 12.2. The molecule has 4 rings (SSSR count). The lowest BCUT2D eigenvalue weighted by Crippen LogP contribution is -2.21. The predicted molar refractivity (Wildman–Crippen MR) is 96.2 cm³/mol. The zero-order valence-electron chi connectivity index (χ0n) is 14.1. The number of benzene rings is 1. The monoisotopic (exact) mass is 329 g/mol. The van der Waals surface area contributed by atoms with E-state index >= 15 is 0 Å². The molecule has 3 heterocycles. The van der Waals surface area contributed by atoms with Crippen LogP contribution in [-0.2, 0) is 0 Å². The van der Waals surface area contributed by atoms with Crippen LogP contribution in [0.3, 0.4) is 0 Å². The molecule has 3 aromatic rings. The second-order valence-corrected chi connectivity index (χ2v) is 6.45. The number of aromatic nitrogens is 3. The van der Waals surface area contributed by atoms with Crippen molar-refractivity contribution in [3.63, 3.8) is 0 Å². The summed E-state index contributed by atoms with van der Waals surface area (Å²) in [6.45, 7) is 2.87. The molecule has 1 atom stereocenters. The zero-order valence-corrected chi connectivity index (χ0v) is 14.1. The van der Waals surface area contributed by atoms with Crippen LogP contribution in [0.15, 0.2) is 55.2 Å². The number of rotatable bonds is 3. The molecule has 5 nitrogen and oxygen atoms in total. The van der Waals surface area contributed by atoms with Gasteiger partial charge >= 0.3 is 0 Å². The highest BCUT2D eigenvalue weighted by Gasteiger charge is 2.25. The van der Waals surface area contributed by atoms with Crippen molar-refractivity contribution in [2.75, 3.05) is 6.54 Å². The molecule has 0 saturated carbocycles. The average Bonchev–Trinajstić information content (AvgIpc) is 3.30. The van der Waals surface area contributed by atoms with Crippen molar-refractivity contribution in [3.8, 4) is 28.6 Å². The first-order valence-corrected chi connectivity index (χ1v) is 8.47. The summed E-state index contributed by atoms with van der Waals surface area (Å²) in [5.74, 6) is 0. The van der Waals surface area contributed by atoms with E-state index in [0.717, 1.165) is 47.3 Å². The summed E-state index contributed by atoms with van der Waals surface area (Å²) in [7, 11) is 0. The van der Waals surface area contributed by atoms with Gasteiger partial charge in [-0.3, -0.25) is 9.88 Å². The van der Waals surface area contributed by atoms with E-state index in [1.807, 2.05) is 47.4 Å². The summed E-state index contributed by atoms with van der Waals surface area (Å²) < 4.78 is 2.05. The molecule has 124 valence electrons. The lowest BCUT2D eigenvalue weighted by atomic mass is 10.0. The Morgan fingerprint density at radius 3 is 2.88 bits per heavy atom. The second kappa shape index (κ2) is 6.40. The maximum Gasteiger partial charge on any atom is 0.181 e. The van der Waals surface area contributed by atoms with Gasteiger partial charge in [0.05, 0.1) is 12.0 Å². The number of pyridine rings is 1. The molecule has 1 saturated heterocycles. The Morgan fingerprint density at radius 2 is 2.04 bits per heavy atom. The fourth-order valence-electron chi connectivity index (χ4n) is 3.40. The van der Waals surface area contributed by atoms with E-state index in [1.54, 1.807) is 0 Å². The maximum atomic E-state index is 9.24. The molecule has 1 aliphatic rings. The number of nitriles is 1. The zero-order chi connectivity index (χ0) is 17.2. The topological polar surface area (TPSA) is 57.7 Å². The maximum absolute atomic E-state index is 9.24. The van der Waals surface area contributed by atoms with Crippen molar-refractivity contribution in [3.05, 3.63) is 60.8 Å². The minimum Gasteiger partial charge on any atom is -0.315 e. The number of likely N-dealkylation sites (tertiary alicyclic amines) is 1. The van der Waals surface area contributed by atoms with Gasteiger partial charge in [0.15, 0.2) is 6.19 Å². The van der Waals surface area contributed by atoms with E-state index in [4.69, 9.17) is 0 Å². The first kappa shape index (κ1) is 15.4. The molecule has 1 unspecified atom stereocenters. The molecule has 0 radical (unpaired) electrons. The number of nitrogens with zero attached hydrogens (tertiary/aromatic N) is 5. The summed E-state index contributed by atoms with van der Waals surface area (Å²) in [5, 5.41) is 9.24. The first-order valence-electron chi connectivity index (χ1n) is 8.47. The fourth-order valence-corrected chi connectivity index (χ4v) is 3.40. The highest BCUT2D eigenvalue weighted by atomic mass is 15.3. The Kier molecular flexibility index (Phi) is 3.95.